The normalized spacial score (nSPS) is 14.5. The van der Waals surface area contributed by atoms with Crippen molar-refractivity contribution < 1.29 is 22.7 Å². The third-order valence-electron chi connectivity index (χ3n) is 7.43. The van der Waals surface area contributed by atoms with Crippen LogP contribution in [0.4, 0.5) is 5.69 Å². The minimum Gasteiger partial charge on any atom is -0.494 e. The number of benzene rings is 3. The molecule has 10 heteroatoms. The Kier molecular flexibility index (Phi) is 11.0. The number of carbonyl (C=O) groups excluding carboxylic acids is 2. The SMILES string of the molecule is CCOc1ccc(N(CC(=O)N(Cc2ccc(Br)cc2)C(C)C(=O)NC2CCCCC2)S(=O)(=O)c2ccccc2)cc1. The zero-order chi connectivity index (χ0) is 30.1. The quantitative estimate of drug-likeness (QED) is 0.262. The first-order valence-corrected chi connectivity index (χ1v) is 16.6. The molecule has 1 N–H and O–H groups in total. The van der Waals surface area contributed by atoms with Gasteiger partial charge in [-0.05, 0) is 80.8 Å². The first-order chi connectivity index (χ1) is 20.2. The Hall–Kier alpha value is -3.37. The second kappa shape index (κ2) is 14.7. The number of hydrogen-bond acceptors (Lipinski definition) is 5. The van der Waals surface area contributed by atoms with E-state index in [1.54, 1.807) is 49.4 Å². The second-order valence-electron chi connectivity index (χ2n) is 10.4. The molecule has 0 radical (unpaired) electrons. The fourth-order valence-electron chi connectivity index (χ4n) is 5.06. The number of hydrogen-bond donors (Lipinski definition) is 1. The second-order valence-corrected chi connectivity index (χ2v) is 13.2. The summed E-state index contributed by atoms with van der Waals surface area (Å²) in [6.07, 6.45) is 5.12. The maximum atomic E-state index is 14.1. The molecule has 1 unspecified atom stereocenters. The minimum absolute atomic E-state index is 0.0641. The number of carbonyl (C=O) groups is 2. The summed E-state index contributed by atoms with van der Waals surface area (Å²) < 4.78 is 35.3. The highest BCUT2D eigenvalue weighted by Crippen LogP contribution is 2.27. The van der Waals surface area contributed by atoms with Crippen LogP contribution in [-0.2, 0) is 26.2 Å². The van der Waals surface area contributed by atoms with Crippen molar-refractivity contribution in [3.8, 4) is 5.75 Å². The summed E-state index contributed by atoms with van der Waals surface area (Å²) >= 11 is 3.44. The monoisotopic (exact) mass is 655 g/mol. The van der Waals surface area contributed by atoms with E-state index in [4.69, 9.17) is 4.74 Å². The molecule has 3 aromatic rings. The third-order valence-corrected chi connectivity index (χ3v) is 9.75. The van der Waals surface area contributed by atoms with Crippen LogP contribution in [0.3, 0.4) is 0 Å². The Morgan fingerprint density at radius 2 is 1.60 bits per heavy atom. The van der Waals surface area contributed by atoms with Gasteiger partial charge < -0.3 is 15.0 Å². The summed E-state index contributed by atoms with van der Waals surface area (Å²) in [4.78, 5) is 29.0. The van der Waals surface area contributed by atoms with Crippen LogP contribution in [0.25, 0.3) is 0 Å². The van der Waals surface area contributed by atoms with E-state index in [0.717, 1.165) is 46.4 Å². The fraction of sp³-hybridized carbons (Fsp3) is 0.375. The molecule has 1 aliphatic rings. The van der Waals surface area contributed by atoms with E-state index in [2.05, 4.69) is 21.2 Å². The van der Waals surface area contributed by atoms with E-state index in [-0.39, 0.29) is 23.4 Å². The van der Waals surface area contributed by atoms with Crippen molar-refractivity contribution in [3.63, 3.8) is 0 Å². The standard InChI is InChI=1S/C32H38BrN3O5S/c1-3-41-29-20-18-28(19-21-29)36(42(39,40)30-12-8-5-9-13-30)23-31(37)35(22-25-14-16-26(33)17-15-25)24(2)32(38)34-27-10-6-4-7-11-27/h5,8-9,12-21,24,27H,3-4,6-7,10-11,22-23H2,1-2H3,(H,34,38). The average molecular weight is 657 g/mol. The highest BCUT2D eigenvalue weighted by molar-refractivity contribution is 9.10. The molecule has 0 saturated heterocycles. The molecule has 1 aliphatic carbocycles. The van der Waals surface area contributed by atoms with Crippen LogP contribution in [0.1, 0.15) is 51.5 Å². The Balaban J connectivity index is 1.66. The van der Waals surface area contributed by atoms with Gasteiger partial charge in [0.05, 0.1) is 17.2 Å². The molecule has 42 heavy (non-hydrogen) atoms. The van der Waals surface area contributed by atoms with Crippen LogP contribution in [0.15, 0.2) is 88.2 Å². The summed E-state index contributed by atoms with van der Waals surface area (Å²) in [7, 11) is -4.12. The van der Waals surface area contributed by atoms with Gasteiger partial charge in [0, 0.05) is 17.1 Å². The lowest BCUT2D eigenvalue weighted by molar-refractivity contribution is -0.139. The van der Waals surface area contributed by atoms with Crippen molar-refractivity contribution in [2.24, 2.45) is 0 Å². The minimum atomic E-state index is -4.12. The van der Waals surface area contributed by atoms with Crippen LogP contribution in [-0.4, -0.2) is 50.4 Å². The molecule has 1 saturated carbocycles. The zero-order valence-corrected chi connectivity index (χ0v) is 26.4. The zero-order valence-electron chi connectivity index (χ0n) is 24.0. The Morgan fingerprint density at radius 1 is 0.952 bits per heavy atom. The number of anilines is 1. The molecule has 4 rings (SSSR count). The lowest BCUT2D eigenvalue weighted by Gasteiger charge is -2.33. The van der Waals surface area contributed by atoms with Crippen molar-refractivity contribution in [1.82, 2.24) is 10.2 Å². The lowest BCUT2D eigenvalue weighted by Crippen LogP contribution is -2.53. The Morgan fingerprint density at radius 3 is 2.21 bits per heavy atom. The van der Waals surface area contributed by atoms with Crippen LogP contribution in [0.5, 0.6) is 5.75 Å². The Labute approximate surface area is 257 Å². The van der Waals surface area contributed by atoms with Crippen molar-refractivity contribution in [2.45, 2.75) is 69.5 Å². The van der Waals surface area contributed by atoms with Crippen molar-refractivity contribution >= 4 is 43.5 Å². The number of sulfonamides is 1. The van der Waals surface area contributed by atoms with Gasteiger partial charge in [0.2, 0.25) is 11.8 Å². The van der Waals surface area contributed by atoms with Gasteiger partial charge in [-0.1, -0.05) is 65.5 Å². The molecule has 0 aliphatic heterocycles. The predicted octanol–water partition coefficient (Wildman–Crippen LogP) is 5.91. The molecule has 224 valence electrons. The maximum Gasteiger partial charge on any atom is 0.264 e. The van der Waals surface area contributed by atoms with Gasteiger partial charge in [-0.3, -0.25) is 13.9 Å². The van der Waals surface area contributed by atoms with E-state index < -0.39 is 28.5 Å². The van der Waals surface area contributed by atoms with E-state index in [0.29, 0.717) is 18.0 Å². The first-order valence-electron chi connectivity index (χ1n) is 14.3. The van der Waals surface area contributed by atoms with E-state index in [9.17, 15) is 18.0 Å². The smallest absolute Gasteiger partial charge is 0.264 e. The maximum absolute atomic E-state index is 14.1. The molecule has 3 aromatic carbocycles. The molecule has 0 spiro atoms. The lowest BCUT2D eigenvalue weighted by atomic mass is 9.95. The number of nitrogens with zero attached hydrogens (tertiary/aromatic N) is 2. The highest BCUT2D eigenvalue weighted by Gasteiger charge is 2.33. The van der Waals surface area contributed by atoms with Crippen molar-refractivity contribution in [1.29, 1.82) is 0 Å². The summed E-state index contributed by atoms with van der Waals surface area (Å²) in [5.41, 5.74) is 1.14. The number of halogens is 1. The number of ether oxygens (including phenoxy) is 1. The van der Waals surface area contributed by atoms with Crippen LogP contribution >= 0.6 is 15.9 Å². The van der Waals surface area contributed by atoms with Gasteiger partial charge in [0.1, 0.15) is 18.3 Å². The van der Waals surface area contributed by atoms with E-state index in [1.165, 1.54) is 17.0 Å². The van der Waals surface area contributed by atoms with E-state index in [1.807, 2.05) is 31.2 Å². The number of amides is 2. The molecule has 8 nitrogen and oxygen atoms in total. The van der Waals surface area contributed by atoms with Gasteiger partial charge >= 0.3 is 0 Å². The number of rotatable bonds is 12. The molecule has 1 atom stereocenters. The van der Waals surface area contributed by atoms with Crippen LogP contribution in [0.2, 0.25) is 0 Å². The van der Waals surface area contributed by atoms with Gasteiger partial charge in [0.15, 0.2) is 0 Å². The molecule has 0 heterocycles. The molecule has 0 aromatic heterocycles. The van der Waals surface area contributed by atoms with Crippen molar-refractivity contribution in [3.05, 3.63) is 88.9 Å². The fourth-order valence-corrected chi connectivity index (χ4v) is 6.76. The van der Waals surface area contributed by atoms with Crippen molar-refractivity contribution in [2.75, 3.05) is 17.5 Å². The average Bonchev–Trinajstić information content (AvgIpc) is 3.00. The summed E-state index contributed by atoms with van der Waals surface area (Å²) in [5.74, 6) is -0.141. The highest BCUT2D eigenvalue weighted by atomic mass is 79.9. The first kappa shape index (κ1) is 31.6. The van der Waals surface area contributed by atoms with Gasteiger partial charge in [-0.15, -0.1) is 0 Å². The predicted molar refractivity (Wildman–Crippen MR) is 168 cm³/mol. The summed E-state index contributed by atoms with van der Waals surface area (Å²) in [6.45, 7) is 3.69. The van der Waals surface area contributed by atoms with Crippen LogP contribution in [0, 0.1) is 0 Å². The number of nitrogens with one attached hydrogen (secondary N) is 1. The molecule has 1 fully saturated rings. The largest absolute Gasteiger partial charge is 0.494 e. The van der Waals surface area contributed by atoms with Gasteiger partial charge in [-0.25, -0.2) is 8.42 Å². The van der Waals surface area contributed by atoms with Crippen LogP contribution < -0.4 is 14.4 Å². The summed E-state index contributed by atoms with van der Waals surface area (Å²) in [6, 6.07) is 21.4. The summed E-state index contributed by atoms with van der Waals surface area (Å²) in [5, 5.41) is 3.12. The van der Waals surface area contributed by atoms with Gasteiger partial charge in [-0.2, -0.15) is 0 Å². The third kappa shape index (κ3) is 8.13. The molecular weight excluding hydrogens is 618 g/mol. The molecule has 2 amide bonds. The molecule has 0 bridgehead atoms. The topological polar surface area (TPSA) is 96.0 Å². The Bertz CT molecular complexity index is 1430. The van der Waals surface area contributed by atoms with Gasteiger partial charge in [0.25, 0.3) is 10.0 Å². The van der Waals surface area contributed by atoms with E-state index >= 15 is 0 Å². The molecular formula is C32H38BrN3O5S.